The van der Waals surface area contributed by atoms with Gasteiger partial charge >= 0.3 is 0 Å². The number of amides is 1. The highest BCUT2D eigenvalue weighted by atomic mass is 32.2. The summed E-state index contributed by atoms with van der Waals surface area (Å²) in [5.74, 6) is 0.0909. The first-order chi connectivity index (χ1) is 13.3. The average Bonchev–Trinajstić information content (AvgIpc) is 2.68. The molecule has 0 aliphatic carbocycles. The second-order valence-electron chi connectivity index (χ2n) is 6.91. The van der Waals surface area contributed by atoms with Gasteiger partial charge in [0.05, 0.1) is 13.7 Å². The average molecular weight is 405 g/mol. The molecule has 0 saturated heterocycles. The molecule has 0 aliphatic heterocycles. The van der Waals surface area contributed by atoms with Crippen molar-refractivity contribution in [1.29, 1.82) is 0 Å². The van der Waals surface area contributed by atoms with Crippen molar-refractivity contribution in [3.63, 3.8) is 0 Å². The van der Waals surface area contributed by atoms with E-state index in [2.05, 4.69) is 5.32 Å². The molecule has 2 rings (SSSR count). The summed E-state index contributed by atoms with van der Waals surface area (Å²) < 4.78 is 32.2. The van der Waals surface area contributed by atoms with E-state index >= 15 is 0 Å². The number of hydrogen-bond acceptors (Lipinski definition) is 4. The molecule has 7 heteroatoms. The van der Waals surface area contributed by atoms with Crippen LogP contribution in [0.1, 0.15) is 30.9 Å². The minimum Gasteiger partial charge on any atom is -0.495 e. The maximum atomic E-state index is 13.0. The molecule has 2 aromatic rings. The summed E-state index contributed by atoms with van der Waals surface area (Å²) in [6, 6.07) is 14.9. The van der Waals surface area contributed by atoms with E-state index in [-0.39, 0.29) is 29.0 Å². The molecule has 1 amide bonds. The Morgan fingerprint density at radius 3 is 2.43 bits per heavy atom. The summed E-state index contributed by atoms with van der Waals surface area (Å²) in [6.07, 6.45) is 0.688. The molecule has 0 aliphatic rings. The summed E-state index contributed by atoms with van der Waals surface area (Å²) in [4.78, 5) is 12.3. The Morgan fingerprint density at radius 1 is 1.14 bits per heavy atom. The van der Waals surface area contributed by atoms with Gasteiger partial charge in [-0.15, -0.1) is 0 Å². The smallest absolute Gasteiger partial charge is 0.246 e. The van der Waals surface area contributed by atoms with Crippen molar-refractivity contribution in [2.24, 2.45) is 0 Å². The summed E-state index contributed by atoms with van der Waals surface area (Å²) in [5, 5.41) is 2.77. The molecule has 2 aromatic carbocycles. The molecule has 28 heavy (non-hydrogen) atoms. The third-order valence-electron chi connectivity index (χ3n) is 4.49. The second kappa shape index (κ2) is 9.71. The van der Waals surface area contributed by atoms with Gasteiger partial charge in [-0.2, -0.15) is 4.31 Å². The molecule has 0 aromatic heterocycles. The largest absolute Gasteiger partial charge is 0.495 e. The first-order valence-electron chi connectivity index (χ1n) is 9.20. The SMILES string of the molecule is COc1ccc(C(C)C)cc1S(=O)(=O)N(C)CC(=O)NCCc1ccccc1. The van der Waals surface area contributed by atoms with E-state index in [0.29, 0.717) is 13.0 Å². The van der Waals surface area contributed by atoms with E-state index in [1.807, 2.05) is 50.2 Å². The Morgan fingerprint density at radius 2 is 1.82 bits per heavy atom. The predicted molar refractivity (Wildman–Crippen MR) is 110 cm³/mol. The lowest BCUT2D eigenvalue weighted by Crippen LogP contribution is -2.39. The Balaban J connectivity index is 2.05. The van der Waals surface area contributed by atoms with Crippen molar-refractivity contribution in [2.75, 3.05) is 27.2 Å². The highest BCUT2D eigenvalue weighted by Gasteiger charge is 2.27. The number of likely N-dealkylation sites (N-methyl/N-ethyl adjacent to an activating group) is 1. The number of carbonyl (C=O) groups excluding carboxylic acids is 1. The molecule has 0 heterocycles. The monoisotopic (exact) mass is 404 g/mol. The van der Waals surface area contributed by atoms with Crippen molar-refractivity contribution in [1.82, 2.24) is 9.62 Å². The number of methoxy groups -OCH3 is 1. The van der Waals surface area contributed by atoms with Gasteiger partial charge in [-0.25, -0.2) is 8.42 Å². The first-order valence-corrected chi connectivity index (χ1v) is 10.6. The summed E-state index contributed by atoms with van der Waals surface area (Å²) in [6.45, 7) is 4.17. The summed E-state index contributed by atoms with van der Waals surface area (Å²) in [5.41, 5.74) is 2.00. The summed E-state index contributed by atoms with van der Waals surface area (Å²) >= 11 is 0. The van der Waals surface area contributed by atoms with Gasteiger partial charge in [0.25, 0.3) is 0 Å². The zero-order valence-corrected chi connectivity index (χ0v) is 17.6. The van der Waals surface area contributed by atoms with Crippen LogP contribution in [0.2, 0.25) is 0 Å². The molecular formula is C21H28N2O4S. The van der Waals surface area contributed by atoms with E-state index in [4.69, 9.17) is 4.74 Å². The topological polar surface area (TPSA) is 75.7 Å². The third-order valence-corrected chi connectivity index (χ3v) is 6.31. The fraction of sp³-hybridized carbons (Fsp3) is 0.381. The number of benzene rings is 2. The van der Waals surface area contributed by atoms with Crippen LogP contribution in [0.5, 0.6) is 5.75 Å². The summed E-state index contributed by atoms with van der Waals surface area (Å²) in [7, 11) is -1.04. The van der Waals surface area contributed by atoms with Crippen molar-refractivity contribution in [3.05, 3.63) is 59.7 Å². The van der Waals surface area contributed by atoms with Crippen LogP contribution < -0.4 is 10.1 Å². The van der Waals surface area contributed by atoms with Gasteiger partial charge in [0.15, 0.2) is 0 Å². The van der Waals surface area contributed by atoms with Crippen LogP contribution in [0.25, 0.3) is 0 Å². The van der Waals surface area contributed by atoms with Crippen molar-refractivity contribution in [2.45, 2.75) is 31.1 Å². The van der Waals surface area contributed by atoms with Gasteiger partial charge in [-0.05, 0) is 35.6 Å². The van der Waals surface area contributed by atoms with Crippen LogP contribution in [0.3, 0.4) is 0 Å². The van der Waals surface area contributed by atoms with E-state index in [1.54, 1.807) is 12.1 Å². The van der Waals surface area contributed by atoms with E-state index in [9.17, 15) is 13.2 Å². The quantitative estimate of drug-likeness (QED) is 0.697. The zero-order valence-electron chi connectivity index (χ0n) is 16.8. The lowest BCUT2D eigenvalue weighted by Gasteiger charge is -2.20. The van der Waals surface area contributed by atoms with E-state index in [1.165, 1.54) is 14.2 Å². The van der Waals surface area contributed by atoms with Crippen molar-refractivity contribution < 1.29 is 17.9 Å². The minimum atomic E-state index is -3.86. The maximum absolute atomic E-state index is 13.0. The molecule has 1 N–H and O–H groups in total. The molecule has 0 atom stereocenters. The van der Waals surface area contributed by atoms with Gasteiger partial charge in [0.1, 0.15) is 10.6 Å². The lowest BCUT2D eigenvalue weighted by molar-refractivity contribution is -0.121. The zero-order chi connectivity index (χ0) is 20.7. The molecule has 0 fully saturated rings. The molecule has 0 saturated carbocycles. The predicted octanol–water partition coefficient (Wildman–Crippen LogP) is 2.80. The Hall–Kier alpha value is -2.38. The van der Waals surface area contributed by atoms with Gasteiger partial charge in [-0.3, -0.25) is 4.79 Å². The number of nitrogens with one attached hydrogen (secondary N) is 1. The number of nitrogens with zero attached hydrogens (tertiary/aromatic N) is 1. The molecule has 0 unspecified atom stereocenters. The van der Waals surface area contributed by atoms with E-state index < -0.39 is 10.0 Å². The third kappa shape index (κ3) is 5.56. The molecule has 0 spiro atoms. The number of hydrogen-bond donors (Lipinski definition) is 1. The van der Waals surface area contributed by atoms with Crippen LogP contribution in [0.15, 0.2) is 53.4 Å². The van der Waals surface area contributed by atoms with Gasteiger partial charge < -0.3 is 10.1 Å². The van der Waals surface area contributed by atoms with E-state index in [0.717, 1.165) is 15.4 Å². The minimum absolute atomic E-state index is 0.0702. The van der Waals surface area contributed by atoms with Crippen LogP contribution in [-0.2, 0) is 21.2 Å². The Labute approximate surface area is 167 Å². The number of rotatable bonds is 9. The Bertz CT molecular complexity index is 896. The maximum Gasteiger partial charge on any atom is 0.246 e. The number of ether oxygens (including phenoxy) is 1. The molecular weight excluding hydrogens is 376 g/mol. The van der Waals surface area contributed by atoms with Crippen molar-refractivity contribution in [3.8, 4) is 5.75 Å². The fourth-order valence-corrected chi connectivity index (χ4v) is 4.07. The van der Waals surface area contributed by atoms with Gasteiger partial charge in [0.2, 0.25) is 15.9 Å². The highest BCUT2D eigenvalue weighted by molar-refractivity contribution is 7.89. The molecule has 152 valence electrons. The van der Waals surface area contributed by atoms with Crippen LogP contribution >= 0.6 is 0 Å². The van der Waals surface area contributed by atoms with Crippen molar-refractivity contribution >= 4 is 15.9 Å². The fourth-order valence-electron chi connectivity index (χ4n) is 2.76. The number of carbonyl (C=O) groups is 1. The number of sulfonamides is 1. The normalized spacial score (nSPS) is 11.6. The molecule has 0 bridgehead atoms. The lowest BCUT2D eigenvalue weighted by atomic mass is 10.0. The second-order valence-corrected chi connectivity index (χ2v) is 8.92. The van der Waals surface area contributed by atoms with Crippen LogP contribution in [-0.4, -0.2) is 45.9 Å². The Kier molecular flexibility index (Phi) is 7.60. The standard InChI is InChI=1S/C21H28N2O4S/c1-16(2)18-10-11-19(27-4)20(14-18)28(25,26)23(3)15-21(24)22-13-12-17-8-6-5-7-9-17/h5-11,14,16H,12-13,15H2,1-4H3,(H,22,24). The first kappa shape index (κ1) is 21.9. The molecule has 6 nitrogen and oxygen atoms in total. The van der Waals surface area contributed by atoms with Gasteiger partial charge in [0, 0.05) is 13.6 Å². The highest BCUT2D eigenvalue weighted by Crippen LogP contribution is 2.29. The van der Waals surface area contributed by atoms with Crippen LogP contribution in [0, 0.1) is 0 Å². The van der Waals surface area contributed by atoms with Crippen LogP contribution in [0.4, 0.5) is 0 Å². The van der Waals surface area contributed by atoms with Gasteiger partial charge in [-0.1, -0.05) is 50.2 Å². The molecule has 0 radical (unpaired) electrons.